The van der Waals surface area contributed by atoms with Gasteiger partial charge in [-0.15, -0.1) is 0 Å². The maximum atomic E-state index is 14.9. The lowest BCUT2D eigenvalue weighted by Crippen LogP contribution is -2.49. The van der Waals surface area contributed by atoms with Gasteiger partial charge in [-0.3, -0.25) is 9.59 Å². The average molecular weight is 451 g/mol. The summed E-state index contributed by atoms with van der Waals surface area (Å²) in [5.41, 5.74) is 2.86. The molecule has 1 atom stereocenters. The minimum atomic E-state index is -0.564. The SMILES string of the molecule is Cc1cc(C2CC2)cnc1N1CCN(C(=O)c2ccc(C3CC(C)(C)NC3=O)cc2F)CC1. The molecular weight excluding hydrogens is 419 g/mol. The molecule has 5 rings (SSSR count). The van der Waals surface area contributed by atoms with Crippen molar-refractivity contribution < 1.29 is 14.0 Å². The molecule has 2 amide bonds. The standard InChI is InChI=1S/C26H31FN4O2/c1-16-12-19(17-4-5-17)15-28-23(16)30-8-10-31(11-9-30)25(33)20-7-6-18(13-22(20)27)21-14-26(2,3)29-24(21)32/h6-7,12-13,15,17,21H,4-5,8-11,14H2,1-3H3,(H,29,32). The first-order valence-corrected chi connectivity index (χ1v) is 11.8. The maximum Gasteiger partial charge on any atom is 0.256 e. The largest absolute Gasteiger partial charge is 0.353 e. The van der Waals surface area contributed by atoms with Gasteiger partial charge in [0.25, 0.3) is 5.91 Å². The Balaban J connectivity index is 1.24. The van der Waals surface area contributed by atoms with E-state index in [0.29, 0.717) is 44.1 Å². The first-order chi connectivity index (χ1) is 15.7. The number of benzene rings is 1. The monoisotopic (exact) mass is 450 g/mol. The van der Waals surface area contributed by atoms with Crippen molar-refractivity contribution in [3.63, 3.8) is 0 Å². The Morgan fingerprint density at radius 3 is 2.42 bits per heavy atom. The molecule has 174 valence electrons. The second-order valence-electron chi connectivity index (χ2n) is 10.3. The van der Waals surface area contributed by atoms with Gasteiger partial charge in [-0.1, -0.05) is 12.1 Å². The van der Waals surface area contributed by atoms with Crippen LogP contribution in [-0.2, 0) is 4.79 Å². The van der Waals surface area contributed by atoms with Crippen LogP contribution in [0.1, 0.15) is 72.0 Å². The van der Waals surface area contributed by atoms with E-state index < -0.39 is 5.82 Å². The zero-order valence-electron chi connectivity index (χ0n) is 19.5. The summed E-state index contributed by atoms with van der Waals surface area (Å²) in [5, 5.41) is 2.94. The molecule has 1 unspecified atom stereocenters. The normalized spacial score (nSPS) is 22.4. The molecule has 1 N–H and O–H groups in total. The highest BCUT2D eigenvalue weighted by Gasteiger charge is 2.38. The lowest BCUT2D eigenvalue weighted by molar-refractivity contribution is -0.120. The van der Waals surface area contributed by atoms with E-state index in [4.69, 9.17) is 4.98 Å². The van der Waals surface area contributed by atoms with Gasteiger partial charge in [-0.05, 0) is 74.8 Å². The fraction of sp³-hybridized carbons (Fsp3) is 0.500. The number of nitrogens with one attached hydrogen (secondary N) is 1. The Kier molecular flexibility index (Phi) is 5.38. The van der Waals surface area contributed by atoms with Gasteiger partial charge in [0.2, 0.25) is 5.91 Å². The molecule has 1 aromatic heterocycles. The summed E-state index contributed by atoms with van der Waals surface area (Å²) in [4.78, 5) is 33.9. The Morgan fingerprint density at radius 1 is 1.12 bits per heavy atom. The van der Waals surface area contributed by atoms with Crippen molar-refractivity contribution in [2.75, 3.05) is 31.1 Å². The molecule has 33 heavy (non-hydrogen) atoms. The Bertz CT molecular complexity index is 1100. The molecule has 0 bridgehead atoms. The fourth-order valence-corrected chi connectivity index (χ4v) is 5.12. The van der Waals surface area contributed by atoms with Crippen molar-refractivity contribution in [3.8, 4) is 0 Å². The number of hydrogen-bond acceptors (Lipinski definition) is 4. The molecule has 3 heterocycles. The Hall–Kier alpha value is -2.96. The van der Waals surface area contributed by atoms with E-state index >= 15 is 0 Å². The van der Waals surface area contributed by atoms with Crippen LogP contribution in [0.5, 0.6) is 0 Å². The van der Waals surface area contributed by atoms with E-state index in [1.54, 1.807) is 11.0 Å². The number of halogens is 1. The highest BCUT2D eigenvalue weighted by molar-refractivity contribution is 5.95. The van der Waals surface area contributed by atoms with Gasteiger partial charge >= 0.3 is 0 Å². The van der Waals surface area contributed by atoms with Gasteiger partial charge in [0.15, 0.2) is 0 Å². The lowest BCUT2D eigenvalue weighted by atomic mass is 9.90. The molecule has 2 aromatic rings. The third kappa shape index (κ3) is 4.33. The second kappa shape index (κ2) is 8.12. The van der Waals surface area contributed by atoms with Crippen LogP contribution in [0.2, 0.25) is 0 Å². The van der Waals surface area contributed by atoms with E-state index in [1.807, 2.05) is 20.0 Å². The summed E-state index contributed by atoms with van der Waals surface area (Å²) < 4.78 is 14.9. The quantitative estimate of drug-likeness (QED) is 0.771. The van der Waals surface area contributed by atoms with Crippen molar-refractivity contribution >= 4 is 17.6 Å². The van der Waals surface area contributed by atoms with Crippen LogP contribution in [0.3, 0.4) is 0 Å². The molecule has 2 saturated heterocycles. The number of pyridine rings is 1. The molecule has 0 radical (unpaired) electrons. The van der Waals surface area contributed by atoms with Gasteiger partial charge in [-0.25, -0.2) is 9.37 Å². The third-order valence-corrected chi connectivity index (χ3v) is 7.11. The van der Waals surface area contributed by atoms with Crippen LogP contribution < -0.4 is 10.2 Å². The smallest absolute Gasteiger partial charge is 0.256 e. The minimum Gasteiger partial charge on any atom is -0.353 e. The molecule has 6 nitrogen and oxygen atoms in total. The summed E-state index contributed by atoms with van der Waals surface area (Å²) in [7, 11) is 0. The van der Waals surface area contributed by atoms with Gasteiger partial charge in [-0.2, -0.15) is 0 Å². The van der Waals surface area contributed by atoms with E-state index in [9.17, 15) is 14.0 Å². The van der Waals surface area contributed by atoms with Crippen LogP contribution in [0, 0.1) is 12.7 Å². The fourth-order valence-electron chi connectivity index (χ4n) is 5.12. The van der Waals surface area contributed by atoms with Gasteiger partial charge in [0.1, 0.15) is 11.6 Å². The summed E-state index contributed by atoms with van der Waals surface area (Å²) in [6, 6.07) is 6.83. The number of anilines is 1. The minimum absolute atomic E-state index is 0.0629. The number of nitrogens with zero attached hydrogens (tertiary/aromatic N) is 3. The van der Waals surface area contributed by atoms with Crippen LogP contribution in [0.25, 0.3) is 0 Å². The average Bonchev–Trinajstić information content (AvgIpc) is 3.58. The summed E-state index contributed by atoms with van der Waals surface area (Å²) >= 11 is 0. The van der Waals surface area contributed by atoms with E-state index in [-0.39, 0.29) is 28.8 Å². The van der Waals surface area contributed by atoms with Crippen molar-refractivity contribution in [3.05, 3.63) is 58.5 Å². The van der Waals surface area contributed by atoms with Crippen LogP contribution in [0.4, 0.5) is 10.2 Å². The number of aryl methyl sites for hydroxylation is 1. The zero-order valence-corrected chi connectivity index (χ0v) is 19.5. The lowest BCUT2D eigenvalue weighted by Gasteiger charge is -2.36. The summed E-state index contributed by atoms with van der Waals surface area (Å²) in [5.74, 6) is 0.303. The number of rotatable bonds is 4. The van der Waals surface area contributed by atoms with Crippen molar-refractivity contribution in [2.45, 2.75) is 57.4 Å². The van der Waals surface area contributed by atoms with Crippen molar-refractivity contribution in [1.29, 1.82) is 0 Å². The van der Waals surface area contributed by atoms with E-state index in [1.165, 1.54) is 36.1 Å². The van der Waals surface area contributed by atoms with Gasteiger partial charge in [0.05, 0.1) is 11.5 Å². The molecule has 0 spiro atoms. The second-order valence-corrected chi connectivity index (χ2v) is 10.3. The number of piperazine rings is 1. The number of hydrogen-bond donors (Lipinski definition) is 1. The number of amides is 2. The number of carbonyl (C=O) groups is 2. The number of aromatic nitrogens is 1. The maximum absolute atomic E-state index is 14.9. The molecular formula is C26H31FN4O2. The first-order valence-electron chi connectivity index (χ1n) is 11.8. The van der Waals surface area contributed by atoms with Crippen molar-refractivity contribution in [2.24, 2.45) is 0 Å². The Labute approximate surface area is 194 Å². The predicted octanol–water partition coefficient (Wildman–Crippen LogP) is 3.75. The van der Waals surface area contributed by atoms with Crippen LogP contribution in [-0.4, -0.2) is 53.4 Å². The highest BCUT2D eigenvalue weighted by atomic mass is 19.1. The molecule has 1 aromatic carbocycles. The van der Waals surface area contributed by atoms with E-state index in [0.717, 1.165) is 5.82 Å². The molecule has 3 aliphatic rings. The molecule has 1 saturated carbocycles. The van der Waals surface area contributed by atoms with E-state index in [2.05, 4.69) is 23.2 Å². The predicted molar refractivity (Wildman–Crippen MR) is 125 cm³/mol. The van der Waals surface area contributed by atoms with Crippen LogP contribution in [0.15, 0.2) is 30.5 Å². The van der Waals surface area contributed by atoms with Crippen molar-refractivity contribution in [1.82, 2.24) is 15.2 Å². The molecule has 2 aliphatic heterocycles. The summed E-state index contributed by atoms with van der Waals surface area (Å²) in [6.07, 6.45) is 5.10. The first kappa shape index (κ1) is 21.9. The zero-order chi connectivity index (χ0) is 23.3. The molecule has 1 aliphatic carbocycles. The molecule has 7 heteroatoms. The van der Waals surface area contributed by atoms with Gasteiger partial charge in [0, 0.05) is 37.9 Å². The Morgan fingerprint density at radius 2 is 1.85 bits per heavy atom. The number of carbonyl (C=O) groups excluding carboxylic acids is 2. The third-order valence-electron chi connectivity index (χ3n) is 7.11. The topological polar surface area (TPSA) is 65.5 Å². The van der Waals surface area contributed by atoms with Gasteiger partial charge < -0.3 is 15.1 Å². The molecule has 3 fully saturated rings. The summed E-state index contributed by atoms with van der Waals surface area (Å²) in [6.45, 7) is 8.37. The van der Waals surface area contributed by atoms with Crippen LogP contribution >= 0.6 is 0 Å². The highest BCUT2D eigenvalue weighted by Crippen LogP contribution is 2.40.